The molecule has 2 amide bonds. The molecule has 1 aliphatic heterocycles. The number of ether oxygens (including phenoxy) is 2. The van der Waals surface area contributed by atoms with E-state index in [1.54, 1.807) is 16.9 Å². The Bertz CT molecular complexity index is 484. The van der Waals surface area contributed by atoms with Crippen molar-refractivity contribution in [3.8, 4) is 0 Å². The molecule has 0 bridgehead atoms. The number of carbonyl (C=O) groups is 2. The Hall–Kier alpha value is -2.08. The maximum atomic E-state index is 12.0. The maximum Gasteiger partial charge on any atom is 0.410 e. The fraction of sp³-hybridized carbons (Fsp3) is 0.500. The van der Waals surface area contributed by atoms with E-state index in [4.69, 9.17) is 9.47 Å². The van der Waals surface area contributed by atoms with Crippen LogP contribution in [0.2, 0.25) is 0 Å². The molecule has 2 rings (SSSR count). The first-order chi connectivity index (χ1) is 10.7. The smallest absolute Gasteiger partial charge is 0.410 e. The lowest BCUT2D eigenvalue weighted by molar-refractivity contribution is -0.133. The second-order valence-electron chi connectivity index (χ2n) is 5.15. The molecular formula is C16H22N2O4. The highest BCUT2D eigenvalue weighted by atomic mass is 16.6. The summed E-state index contributed by atoms with van der Waals surface area (Å²) in [4.78, 5) is 27.3. The summed E-state index contributed by atoms with van der Waals surface area (Å²) in [5, 5.41) is 0. The Balaban J connectivity index is 1.72. The molecule has 1 aliphatic rings. The van der Waals surface area contributed by atoms with Gasteiger partial charge in [0.15, 0.2) is 0 Å². The molecule has 1 aromatic rings. The summed E-state index contributed by atoms with van der Waals surface area (Å²) in [5.41, 5.74) is 0.962. The van der Waals surface area contributed by atoms with Gasteiger partial charge in [-0.1, -0.05) is 30.3 Å². The molecule has 0 aromatic heterocycles. The van der Waals surface area contributed by atoms with Gasteiger partial charge in [-0.15, -0.1) is 0 Å². The summed E-state index contributed by atoms with van der Waals surface area (Å²) in [7, 11) is 1.58. The van der Waals surface area contributed by atoms with Crippen molar-refractivity contribution in [3.63, 3.8) is 0 Å². The van der Waals surface area contributed by atoms with Crippen molar-refractivity contribution in [2.45, 2.75) is 13.0 Å². The number of benzene rings is 1. The fourth-order valence-electron chi connectivity index (χ4n) is 2.30. The highest BCUT2D eigenvalue weighted by molar-refractivity contribution is 5.76. The Morgan fingerprint density at radius 3 is 2.32 bits per heavy atom. The monoisotopic (exact) mass is 306 g/mol. The third-order valence-corrected chi connectivity index (χ3v) is 3.62. The molecule has 0 N–H and O–H groups in total. The van der Waals surface area contributed by atoms with Gasteiger partial charge in [-0.05, 0) is 5.56 Å². The van der Waals surface area contributed by atoms with E-state index >= 15 is 0 Å². The number of methoxy groups -OCH3 is 1. The predicted molar refractivity (Wildman–Crippen MR) is 81.3 cm³/mol. The summed E-state index contributed by atoms with van der Waals surface area (Å²) in [6.07, 6.45) is 0.0578. The standard InChI is InChI=1S/C16H22N2O4/c1-21-12-7-15(19)17-8-10-18(11-9-17)16(20)22-13-14-5-3-2-4-6-14/h2-6H,7-13H2,1H3. The number of carbonyl (C=O) groups excluding carboxylic acids is 2. The van der Waals surface area contributed by atoms with E-state index in [-0.39, 0.29) is 18.6 Å². The van der Waals surface area contributed by atoms with Crippen LogP contribution in [0.1, 0.15) is 12.0 Å². The van der Waals surface area contributed by atoms with Crippen LogP contribution < -0.4 is 0 Å². The molecule has 1 fully saturated rings. The van der Waals surface area contributed by atoms with Crippen molar-refractivity contribution >= 4 is 12.0 Å². The molecule has 22 heavy (non-hydrogen) atoms. The second-order valence-corrected chi connectivity index (χ2v) is 5.15. The van der Waals surface area contributed by atoms with Crippen LogP contribution in [0, 0.1) is 0 Å². The van der Waals surface area contributed by atoms with Gasteiger partial charge in [0.2, 0.25) is 5.91 Å². The number of amides is 2. The van der Waals surface area contributed by atoms with Crippen molar-refractivity contribution in [3.05, 3.63) is 35.9 Å². The van der Waals surface area contributed by atoms with Crippen molar-refractivity contribution in [1.82, 2.24) is 9.80 Å². The molecule has 0 saturated carbocycles. The van der Waals surface area contributed by atoms with Crippen molar-refractivity contribution in [2.75, 3.05) is 39.9 Å². The third-order valence-electron chi connectivity index (χ3n) is 3.62. The lowest BCUT2D eigenvalue weighted by atomic mass is 10.2. The first kappa shape index (κ1) is 16.3. The van der Waals surface area contributed by atoms with Crippen LogP contribution in [0.3, 0.4) is 0 Å². The Labute approximate surface area is 130 Å². The van der Waals surface area contributed by atoms with Gasteiger partial charge in [0, 0.05) is 33.3 Å². The van der Waals surface area contributed by atoms with Gasteiger partial charge in [0.1, 0.15) is 6.61 Å². The van der Waals surface area contributed by atoms with Gasteiger partial charge in [-0.3, -0.25) is 4.79 Å². The minimum absolute atomic E-state index is 0.0687. The molecule has 0 radical (unpaired) electrons. The lowest BCUT2D eigenvalue weighted by Crippen LogP contribution is -2.50. The van der Waals surface area contributed by atoms with Gasteiger partial charge < -0.3 is 19.3 Å². The number of nitrogens with zero attached hydrogens (tertiary/aromatic N) is 2. The normalized spacial score (nSPS) is 14.8. The number of rotatable bonds is 5. The summed E-state index contributed by atoms with van der Waals surface area (Å²) in [6.45, 7) is 2.80. The van der Waals surface area contributed by atoms with E-state index in [1.165, 1.54) is 0 Å². The first-order valence-electron chi connectivity index (χ1n) is 7.43. The number of piperazine rings is 1. The SMILES string of the molecule is COCCC(=O)N1CCN(C(=O)OCc2ccccc2)CC1. The van der Waals surface area contributed by atoms with E-state index < -0.39 is 0 Å². The zero-order valence-corrected chi connectivity index (χ0v) is 12.9. The summed E-state index contributed by atoms with van der Waals surface area (Å²) in [5.74, 6) is 0.0687. The van der Waals surface area contributed by atoms with Crippen LogP contribution >= 0.6 is 0 Å². The van der Waals surface area contributed by atoms with Crippen molar-refractivity contribution in [2.24, 2.45) is 0 Å². The number of hydrogen-bond acceptors (Lipinski definition) is 4. The van der Waals surface area contributed by atoms with Crippen LogP contribution in [0.4, 0.5) is 4.79 Å². The average molecular weight is 306 g/mol. The van der Waals surface area contributed by atoms with Gasteiger partial charge >= 0.3 is 6.09 Å². The quantitative estimate of drug-likeness (QED) is 0.827. The minimum Gasteiger partial charge on any atom is -0.445 e. The zero-order chi connectivity index (χ0) is 15.8. The Kier molecular flexibility index (Phi) is 6.21. The highest BCUT2D eigenvalue weighted by Crippen LogP contribution is 2.08. The van der Waals surface area contributed by atoms with Crippen LogP contribution in [-0.4, -0.2) is 61.7 Å². The van der Waals surface area contributed by atoms with E-state index in [2.05, 4.69) is 0 Å². The maximum absolute atomic E-state index is 12.0. The zero-order valence-electron chi connectivity index (χ0n) is 12.9. The third kappa shape index (κ3) is 4.73. The van der Waals surface area contributed by atoms with E-state index in [0.29, 0.717) is 39.2 Å². The second kappa shape index (κ2) is 8.38. The highest BCUT2D eigenvalue weighted by Gasteiger charge is 2.24. The summed E-state index contributed by atoms with van der Waals surface area (Å²) < 4.78 is 10.2. The van der Waals surface area contributed by atoms with E-state index in [0.717, 1.165) is 5.56 Å². The van der Waals surface area contributed by atoms with Crippen LogP contribution in [-0.2, 0) is 20.9 Å². The van der Waals surface area contributed by atoms with Crippen molar-refractivity contribution in [1.29, 1.82) is 0 Å². The largest absolute Gasteiger partial charge is 0.445 e. The molecule has 0 spiro atoms. The van der Waals surface area contributed by atoms with Crippen LogP contribution in [0.5, 0.6) is 0 Å². The summed E-state index contributed by atoms with van der Waals surface area (Å²) >= 11 is 0. The Morgan fingerprint density at radius 1 is 1.05 bits per heavy atom. The van der Waals surface area contributed by atoms with Crippen LogP contribution in [0.15, 0.2) is 30.3 Å². The Morgan fingerprint density at radius 2 is 1.68 bits per heavy atom. The van der Waals surface area contributed by atoms with Gasteiger partial charge in [0.05, 0.1) is 13.0 Å². The molecule has 6 heteroatoms. The summed E-state index contributed by atoms with van der Waals surface area (Å²) in [6, 6.07) is 9.58. The lowest BCUT2D eigenvalue weighted by Gasteiger charge is -2.34. The minimum atomic E-state index is -0.326. The average Bonchev–Trinajstić information content (AvgIpc) is 2.58. The number of hydrogen-bond donors (Lipinski definition) is 0. The topological polar surface area (TPSA) is 59.1 Å². The molecule has 0 atom stereocenters. The molecular weight excluding hydrogens is 284 g/mol. The van der Waals surface area contributed by atoms with Gasteiger partial charge in [-0.25, -0.2) is 4.79 Å². The van der Waals surface area contributed by atoms with Crippen LogP contribution in [0.25, 0.3) is 0 Å². The fourth-order valence-corrected chi connectivity index (χ4v) is 2.30. The molecule has 120 valence electrons. The van der Waals surface area contributed by atoms with Gasteiger partial charge in [0.25, 0.3) is 0 Å². The van der Waals surface area contributed by atoms with E-state index in [1.807, 2.05) is 30.3 Å². The van der Waals surface area contributed by atoms with Gasteiger partial charge in [-0.2, -0.15) is 0 Å². The van der Waals surface area contributed by atoms with Crippen molar-refractivity contribution < 1.29 is 19.1 Å². The molecule has 1 heterocycles. The van der Waals surface area contributed by atoms with E-state index in [9.17, 15) is 9.59 Å². The molecule has 6 nitrogen and oxygen atoms in total. The molecule has 0 aliphatic carbocycles. The molecule has 1 aromatic carbocycles. The predicted octanol–water partition coefficient (Wildman–Crippen LogP) is 1.50. The molecule has 1 saturated heterocycles. The first-order valence-corrected chi connectivity index (χ1v) is 7.43. The molecule has 0 unspecified atom stereocenters.